The van der Waals surface area contributed by atoms with Gasteiger partial charge in [0.15, 0.2) is 0 Å². The van der Waals surface area contributed by atoms with Crippen LogP contribution in [0, 0.1) is 0 Å². The third-order valence-electron chi connectivity index (χ3n) is 1.64. The molecule has 0 radical (unpaired) electrons. The fraction of sp³-hybridized carbons (Fsp3) is 0.400. The van der Waals surface area contributed by atoms with Crippen LogP contribution in [0.2, 0.25) is 0 Å². The van der Waals surface area contributed by atoms with Crippen LogP contribution in [0.1, 0.15) is 26.3 Å². The van der Waals surface area contributed by atoms with Gasteiger partial charge in [0.05, 0.1) is 0 Å². The van der Waals surface area contributed by atoms with Crippen molar-refractivity contribution >= 4 is 7.82 Å². The Morgan fingerprint density at radius 3 is 1.33 bits per heavy atom. The Kier molecular flexibility index (Phi) is 18.2. The molecule has 8 heteroatoms. The Balaban J connectivity index is -0.000000109. The quantitative estimate of drug-likeness (QED) is 0.338. The van der Waals surface area contributed by atoms with E-state index >= 15 is 0 Å². The molecular weight excluding hydrogens is 236 g/mol. The summed E-state index contributed by atoms with van der Waals surface area (Å²) in [5.41, 5.74) is 1.69. The van der Waals surface area contributed by atoms with Crippen molar-refractivity contribution in [2.75, 3.05) is 0 Å². The summed E-state index contributed by atoms with van der Waals surface area (Å²) in [6.07, 6.45) is 0. The van der Waals surface area contributed by atoms with Gasteiger partial charge in [-0.1, -0.05) is 51.1 Å². The summed E-state index contributed by atoms with van der Waals surface area (Å²) in [7, 11) is -5.39. The molecule has 0 atom stereocenters. The van der Waals surface area contributed by atoms with E-state index in [0.29, 0.717) is 5.41 Å². The maximum Gasteiger partial charge on any atom is 1.00 e. The number of rotatable bonds is 0. The second kappa shape index (κ2) is 11.9. The molecule has 0 aromatic heterocycles. The monoisotopic (exact) mass is 250 g/mol. The minimum Gasteiger partial charge on any atom is -0.822 e. The second-order valence-electron chi connectivity index (χ2n) is 4.06. The van der Waals surface area contributed by atoms with Crippen LogP contribution in [0.3, 0.4) is 0 Å². The molecule has 1 aromatic rings. The zero-order valence-corrected chi connectivity index (χ0v) is 12.9. The van der Waals surface area contributed by atoms with Crippen molar-refractivity contribution in [3.63, 3.8) is 0 Å². The zero-order valence-electron chi connectivity index (χ0n) is 12.0. The molecule has 0 fully saturated rings. The van der Waals surface area contributed by atoms with E-state index in [-0.39, 0.29) is 56.6 Å². The first-order valence-electron chi connectivity index (χ1n) is 4.39. The van der Waals surface area contributed by atoms with Crippen molar-refractivity contribution in [1.29, 1.82) is 0 Å². The largest absolute Gasteiger partial charge is 1.00 e. The minimum atomic E-state index is -5.39. The van der Waals surface area contributed by atoms with Crippen molar-refractivity contribution in [2.24, 2.45) is 0 Å². The molecule has 0 aliphatic rings. The normalized spacial score (nSPS) is 9.67. The van der Waals surface area contributed by atoms with Gasteiger partial charge in [-0.05, 0) is 11.0 Å². The van der Waals surface area contributed by atoms with Crippen molar-refractivity contribution < 1.29 is 75.8 Å². The van der Waals surface area contributed by atoms with Gasteiger partial charge >= 0.3 is 56.6 Å². The van der Waals surface area contributed by atoms with Crippen LogP contribution in [0.15, 0.2) is 30.3 Å². The van der Waals surface area contributed by atoms with E-state index in [2.05, 4.69) is 51.1 Å². The Morgan fingerprint density at radius 2 is 1.17 bits per heavy atom. The molecule has 0 spiro atoms. The standard InChI is InChI=1S/C10H14.3Li.H3O4P/c1-10(2,3)9-7-5-4-6-8-9;;;;1-5(2,3)4/h4-8H,1-3H3;;;;(H3,1,2,3,4)/q;3*+1;/p-3. The van der Waals surface area contributed by atoms with Crippen molar-refractivity contribution in [3.8, 4) is 0 Å². The summed E-state index contributed by atoms with van der Waals surface area (Å²) in [6, 6.07) is 10.6. The van der Waals surface area contributed by atoms with E-state index in [0.717, 1.165) is 0 Å². The van der Waals surface area contributed by atoms with Crippen molar-refractivity contribution in [3.05, 3.63) is 35.9 Å². The molecule has 0 unspecified atom stereocenters. The zero-order chi connectivity index (χ0) is 12.1. The topological polar surface area (TPSA) is 86.2 Å². The van der Waals surface area contributed by atoms with E-state index in [1.807, 2.05) is 0 Å². The molecule has 0 bridgehead atoms. The van der Waals surface area contributed by atoms with Crippen LogP contribution in [0.5, 0.6) is 0 Å². The van der Waals surface area contributed by atoms with E-state index < -0.39 is 7.82 Å². The number of phosphoric acid groups is 1. The smallest absolute Gasteiger partial charge is 0.822 e. The van der Waals surface area contributed by atoms with Crippen molar-refractivity contribution in [1.82, 2.24) is 0 Å². The maximum atomic E-state index is 8.55. The number of hydrogen-bond donors (Lipinski definition) is 0. The molecule has 1 aromatic carbocycles. The summed E-state index contributed by atoms with van der Waals surface area (Å²) >= 11 is 0. The van der Waals surface area contributed by atoms with Crippen LogP contribution in [-0.4, -0.2) is 0 Å². The van der Waals surface area contributed by atoms with E-state index in [9.17, 15) is 0 Å². The third kappa shape index (κ3) is 19.5. The van der Waals surface area contributed by atoms with Gasteiger partial charge in [0.25, 0.3) is 0 Å². The fourth-order valence-electron chi connectivity index (χ4n) is 0.938. The minimum absolute atomic E-state index is 0. The van der Waals surface area contributed by atoms with Crippen LogP contribution < -0.4 is 71.3 Å². The Morgan fingerprint density at radius 1 is 0.889 bits per heavy atom. The van der Waals surface area contributed by atoms with E-state index in [4.69, 9.17) is 19.2 Å². The summed E-state index contributed by atoms with van der Waals surface area (Å²) in [6.45, 7) is 6.67. The molecule has 0 heterocycles. The van der Waals surface area contributed by atoms with Crippen LogP contribution in [-0.2, 0) is 9.98 Å². The van der Waals surface area contributed by atoms with Gasteiger partial charge in [0.2, 0.25) is 0 Å². The van der Waals surface area contributed by atoms with Gasteiger partial charge in [-0.3, -0.25) is 0 Å². The van der Waals surface area contributed by atoms with Gasteiger partial charge in [0.1, 0.15) is 0 Å². The number of benzene rings is 1. The Bertz CT molecular complexity index is 326. The molecular formula is C10H14Li3O4P. The van der Waals surface area contributed by atoms with Crippen LogP contribution in [0.4, 0.5) is 0 Å². The van der Waals surface area contributed by atoms with Gasteiger partial charge in [-0.2, -0.15) is 7.82 Å². The molecule has 86 valence electrons. The number of hydrogen-bond acceptors (Lipinski definition) is 4. The second-order valence-corrected chi connectivity index (χ2v) is 4.96. The van der Waals surface area contributed by atoms with Gasteiger partial charge in [-0.15, -0.1) is 0 Å². The van der Waals surface area contributed by atoms with Gasteiger partial charge < -0.3 is 19.2 Å². The fourth-order valence-corrected chi connectivity index (χ4v) is 0.938. The Labute approximate surface area is 145 Å². The molecule has 0 amide bonds. The van der Waals surface area contributed by atoms with Gasteiger partial charge in [0, 0.05) is 0 Å². The van der Waals surface area contributed by atoms with Crippen LogP contribution >= 0.6 is 7.82 Å². The molecule has 0 aliphatic carbocycles. The van der Waals surface area contributed by atoms with E-state index in [1.165, 1.54) is 5.56 Å². The predicted molar refractivity (Wildman–Crippen MR) is 52.7 cm³/mol. The first-order valence-corrected chi connectivity index (χ1v) is 5.85. The average Bonchev–Trinajstić information content (AvgIpc) is 2.01. The molecule has 0 N–H and O–H groups in total. The molecule has 0 aliphatic heterocycles. The van der Waals surface area contributed by atoms with Crippen LogP contribution in [0.25, 0.3) is 0 Å². The summed E-state index contributed by atoms with van der Waals surface area (Å²) in [5.74, 6) is 0. The maximum absolute atomic E-state index is 8.55. The first-order chi connectivity index (χ1) is 6.61. The third-order valence-corrected chi connectivity index (χ3v) is 1.64. The van der Waals surface area contributed by atoms with Crippen molar-refractivity contribution in [2.45, 2.75) is 26.2 Å². The molecule has 18 heavy (non-hydrogen) atoms. The Hall–Kier alpha value is 1.12. The molecule has 0 saturated carbocycles. The molecule has 1 rings (SSSR count). The average molecular weight is 250 g/mol. The predicted octanol–water partition coefficient (Wildman–Crippen LogP) is -8.83. The summed E-state index contributed by atoms with van der Waals surface area (Å²) < 4.78 is 8.55. The first kappa shape index (κ1) is 27.5. The molecule has 0 saturated heterocycles. The molecule has 4 nitrogen and oxygen atoms in total. The van der Waals surface area contributed by atoms with Gasteiger partial charge in [-0.25, -0.2) is 0 Å². The van der Waals surface area contributed by atoms with E-state index in [1.54, 1.807) is 0 Å². The SMILES string of the molecule is CC(C)(C)c1ccccc1.O=P([O-])([O-])[O-].[Li+].[Li+].[Li+]. The summed E-state index contributed by atoms with van der Waals surface area (Å²) in [4.78, 5) is 25.6. The summed E-state index contributed by atoms with van der Waals surface area (Å²) in [5, 5.41) is 0.